The van der Waals surface area contributed by atoms with Crippen molar-refractivity contribution < 1.29 is 14.3 Å². The zero-order chi connectivity index (χ0) is 16.7. The van der Waals surface area contributed by atoms with Crippen molar-refractivity contribution in [3.63, 3.8) is 0 Å². The van der Waals surface area contributed by atoms with E-state index in [1.165, 1.54) is 0 Å². The van der Waals surface area contributed by atoms with E-state index in [1.807, 2.05) is 6.92 Å². The Morgan fingerprint density at radius 2 is 2.00 bits per heavy atom. The van der Waals surface area contributed by atoms with Gasteiger partial charge in [-0.2, -0.15) is 0 Å². The molecule has 120 valence electrons. The van der Waals surface area contributed by atoms with E-state index in [2.05, 4.69) is 19.9 Å². The van der Waals surface area contributed by atoms with Gasteiger partial charge in [-0.1, -0.05) is 6.07 Å². The normalized spacial score (nSPS) is 9.96. The topological polar surface area (TPSA) is 139 Å². The Hall–Kier alpha value is -3.23. The van der Waals surface area contributed by atoms with Gasteiger partial charge in [-0.25, -0.2) is 19.7 Å². The maximum absolute atomic E-state index is 11.2. The van der Waals surface area contributed by atoms with Crippen LogP contribution < -0.4 is 16.2 Å². The maximum Gasteiger partial charge on any atom is 0.437 e. The second-order valence-electron chi connectivity index (χ2n) is 4.29. The number of rotatable bonds is 5. The second-order valence-corrected chi connectivity index (χ2v) is 4.29. The standard InChI is InChI=1S/C14H16N6O3/c1-2-22-13-17-6-9(7-18-13)11-5-3-4-10(19-11)8-23-14(21)20-12(15)16/h3-7H,2,8H2,1H3,(H4,15,16,20,21). The molecule has 0 bridgehead atoms. The number of pyridine rings is 1. The van der Waals surface area contributed by atoms with Crippen LogP contribution in [0.1, 0.15) is 12.6 Å². The predicted molar refractivity (Wildman–Crippen MR) is 82.4 cm³/mol. The molecule has 9 nitrogen and oxygen atoms in total. The van der Waals surface area contributed by atoms with Crippen molar-refractivity contribution in [2.45, 2.75) is 13.5 Å². The number of guanidine groups is 1. The van der Waals surface area contributed by atoms with Crippen LogP contribution in [0.25, 0.3) is 11.3 Å². The van der Waals surface area contributed by atoms with Gasteiger partial charge in [-0.05, 0) is 19.1 Å². The van der Waals surface area contributed by atoms with Crippen molar-refractivity contribution in [3.8, 4) is 17.3 Å². The van der Waals surface area contributed by atoms with Gasteiger partial charge in [0.15, 0.2) is 5.96 Å². The molecule has 0 saturated carbocycles. The monoisotopic (exact) mass is 316 g/mol. The fraction of sp³-hybridized carbons (Fsp3) is 0.214. The molecule has 0 spiro atoms. The summed E-state index contributed by atoms with van der Waals surface area (Å²) in [6.45, 7) is 2.29. The number of carbonyl (C=O) groups is 1. The van der Waals surface area contributed by atoms with E-state index in [4.69, 9.17) is 20.9 Å². The van der Waals surface area contributed by atoms with Crippen molar-refractivity contribution in [2.75, 3.05) is 6.61 Å². The van der Waals surface area contributed by atoms with Gasteiger partial charge in [-0.3, -0.25) is 0 Å². The first kappa shape index (κ1) is 16.1. The summed E-state index contributed by atoms with van der Waals surface area (Å²) in [6, 6.07) is 5.59. The molecule has 2 heterocycles. The summed E-state index contributed by atoms with van der Waals surface area (Å²) in [6.07, 6.45) is 2.34. The summed E-state index contributed by atoms with van der Waals surface area (Å²) in [5.74, 6) is -0.358. The molecule has 0 aromatic carbocycles. The summed E-state index contributed by atoms with van der Waals surface area (Å²) in [5.41, 5.74) is 12.1. The lowest BCUT2D eigenvalue weighted by atomic mass is 10.2. The van der Waals surface area contributed by atoms with Crippen LogP contribution in [0.3, 0.4) is 0 Å². The summed E-state index contributed by atoms with van der Waals surface area (Å²) >= 11 is 0. The molecular weight excluding hydrogens is 300 g/mol. The summed E-state index contributed by atoms with van der Waals surface area (Å²) in [7, 11) is 0. The number of aliphatic imine (C=N–C) groups is 1. The second kappa shape index (κ2) is 7.69. The maximum atomic E-state index is 11.2. The van der Waals surface area contributed by atoms with Crippen molar-refractivity contribution >= 4 is 12.1 Å². The smallest absolute Gasteiger partial charge is 0.437 e. The zero-order valence-corrected chi connectivity index (χ0v) is 12.5. The molecule has 0 aliphatic carbocycles. The highest BCUT2D eigenvalue weighted by Gasteiger charge is 2.06. The molecule has 0 atom stereocenters. The van der Waals surface area contributed by atoms with Crippen LogP contribution in [0.2, 0.25) is 0 Å². The van der Waals surface area contributed by atoms with Crippen molar-refractivity contribution in [1.29, 1.82) is 0 Å². The third-order valence-corrected chi connectivity index (χ3v) is 2.57. The first-order chi connectivity index (χ1) is 11.1. The van der Waals surface area contributed by atoms with Crippen LogP contribution in [-0.2, 0) is 11.3 Å². The predicted octanol–water partition coefficient (Wildman–Crippen LogP) is 0.847. The number of hydrogen-bond donors (Lipinski definition) is 2. The molecule has 9 heteroatoms. The minimum atomic E-state index is -0.874. The Bertz CT molecular complexity index is 698. The average molecular weight is 316 g/mol. The SMILES string of the molecule is CCOc1ncc(-c2cccc(COC(=O)N=C(N)N)n2)cn1. The van der Waals surface area contributed by atoms with E-state index in [1.54, 1.807) is 30.6 Å². The molecule has 0 aliphatic heterocycles. The van der Waals surface area contributed by atoms with Crippen LogP contribution in [0, 0.1) is 0 Å². The van der Waals surface area contributed by atoms with Gasteiger partial charge < -0.3 is 20.9 Å². The van der Waals surface area contributed by atoms with Crippen LogP contribution >= 0.6 is 0 Å². The highest BCUT2D eigenvalue weighted by atomic mass is 16.5. The molecule has 0 radical (unpaired) electrons. The van der Waals surface area contributed by atoms with E-state index in [0.29, 0.717) is 29.6 Å². The molecule has 0 aliphatic rings. The van der Waals surface area contributed by atoms with Crippen LogP contribution in [0.4, 0.5) is 4.79 Å². The van der Waals surface area contributed by atoms with Crippen molar-refractivity contribution in [1.82, 2.24) is 15.0 Å². The van der Waals surface area contributed by atoms with E-state index < -0.39 is 6.09 Å². The third kappa shape index (κ3) is 4.92. The number of hydrogen-bond acceptors (Lipinski definition) is 6. The van der Waals surface area contributed by atoms with Crippen molar-refractivity contribution in [3.05, 3.63) is 36.3 Å². The van der Waals surface area contributed by atoms with E-state index in [0.717, 1.165) is 0 Å². The fourth-order valence-corrected chi connectivity index (χ4v) is 1.65. The van der Waals surface area contributed by atoms with Gasteiger partial charge in [-0.15, -0.1) is 4.99 Å². The Morgan fingerprint density at radius 3 is 2.65 bits per heavy atom. The molecular formula is C14H16N6O3. The molecule has 0 saturated heterocycles. The quantitative estimate of drug-likeness (QED) is 0.611. The molecule has 2 aromatic heterocycles. The molecule has 2 aromatic rings. The minimum absolute atomic E-state index is 0.0542. The first-order valence-corrected chi connectivity index (χ1v) is 6.76. The molecule has 4 N–H and O–H groups in total. The van der Waals surface area contributed by atoms with Crippen LogP contribution in [-0.4, -0.2) is 33.6 Å². The number of aromatic nitrogens is 3. The summed E-state index contributed by atoms with van der Waals surface area (Å²) in [5, 5.41) is 0. The molecule has 0 fully saturated rings. The van der Waals surface area contributed by atoms with Gasteiger partial charge in [0, 0.05) is 18.0 Å². The minimum Gasteiger partial charge on any atom is -0.464 e. The van der Waals surface area contributed by atoms with Gasteiger partial charge in [0.2, 0.25) is 0 Å². The third-order valence-electron chi connectivity index (χ3n) is 2.57. The number of carbonyl (C=O) groups excluding carboxylic acids is 1. The lowest BCUT2D eigenvalue weighted by Gasteiger charge is -2.05. The number of nitrogens with zero attached hydrogens (tertiary/aromatic N) is 4. The Labute approximate surface area is 132 Å². The molecule has 1 amide bonds. The highest BCUT2D eigenvalue weighted by molar-refractivity contribution is 5.87. The zero-order valence-electron chi connectivity index (χ0n) is 12.5. The van der Waals surface area contributed by atoms with E-state index in [9.17, 15) is 4.79 Å². The summed E-state index contributed by atoms with van der Waals surface area (Å²) < 4.78 is 10.1. The average Bonchev–Trinajstić information content (AvgIpc) is 2.54. The van der Waals surface area contributed by atoms with E-state index in [-0.39, 0.29) is 12.6 Å². The number of nitrogens with two attached hydrogens (primary N) is 2. The van der Waals surface area contributed by atoms with Crippen LogP contribution in [0.15, 0.2) is 35.6 Å². The molecule has 0 unspecified atom stereocenters. The lowest BCUT2D eigenvalue weighted by Crippen LogP contribution is -2.24. The van der Waals surface area contributed by atoms with Gasteiger partial charge in [0.1, 0.15) is 6.61 Å². The van der Waals surface area contributed by atoms with Gasteiger partial charge in [0.05, 0.1) is 18.0 Å². The van der Waals surface area contributed by atoms with Crippen molar-refractivity contribution in [2.24, 2.45) is 16.5 Å². The Balaban J connectivity index is 2.07. The number of ether oxygens (including phenoxy) is 2. The van der Waals surface area contributed by atoms with Gasteiger partial charge in [0.25, 0.3) is 0 Å². The Morgan fingerprint density at radius 1 is 1.26 bits per heavy atom. The fourth-order valence-electron chi connectivity index (χ4n) is 1.65. The Kier molecular flexibility index (Phi) is 5.40. The summed E-state index contributed by atoms with van der Waals surface area (Å²) in [4.78, 5) is 27.0. The lowest BCUT2D eigenvalue weighted by molar-refractivity contribution is 0.149. The van der Waals surface area contributed by atoms with Gasteiger partial charge >= 0.3 is 12.1 Å². The van der Waals surface area contributed by atoms with Crippen LogP contribution in [0.5, 0.6) is 6.01 Å². The first-order valence-electron chi connectivity index (χ1n) is 6.76. The number of amides is 1. The van der Waals surface area contributed by atoms with E-state index >= 15 is 0 Å². The highest BCUT2D eigenvalue weighted by Crippen LogP contribution is 2.17. The largest absolute Gasteiger partial charge is 0.464 e. The molecule has 2 rings (SSSR count). The molecule has 23 heavy (non-hydrogen) atoms.